The summed E-state index contributed by atoms with van der Waals surface area (Å²) in [6.07, 6.45) is 0.320. The first-order chi connectivity index (χ1) is 7.41. The molecule has 0 spiro atoms. The summed E-state index contributed by atoms with van der Waals surface area (Å²) in [5, 5.41) is 18.3. The van der Waals surface area contributed by atoms with Gasteiger partial charge >= 0.3 is 0 Å². The van der Waals surface area contributed by atoms with Crippen LogP contribution in [0, 0.1) is 0 Å². The van der Waals surface area contributed by atoms with Crippen molar-refractivity contribution in [3.05, 3.63) is 0 Å². The van der Waals surface area contributed by atoms with E-state index in [-0.39, 0.29) is 0 Å². The summed E-state index contributed by atoms with van der Waals surface area (Å²) in [5.41, 5.74) is -1.18. The van der Waals surface area contributed by atoms with E-state index in [0.717, 1.165) is 0 Å². The molecule has 0 aliphatic heterocycles. The predicted octanol–water partition coefficient (Wildman–Crippen LogP) is -0.704. The molecule has 0 aliphatic carbocycles. The summed E-state index contributed by atoms with van der Waals surface area (Å²) in [5.74, 6) is 0. The van der Waals surface area contributed by atoms with Crippen LogP contribution in [0.25, 0.3) is 0 Å². The van der Waals surface area contributed by atoms with Crippen molar-refractivity contribution in [2.24, 2.45) is 0 Å². The maximum Gasteiger partial charge on any atom is 0.280 e. The number of hydrogen-bond acceptors (Lipinski definition) is 4. The lowest BCUT2D eigenvalue weighted by molar-refractivity contribution is 0.104. The molecule has 0 saturated carbocycles. The quantitative estimate of drug-likeness (QED) is 0.534. The van der Waals surface area contributed by atoms with Crippen LogP contribution < -0.4 is 4.72 Å². The Morgan fingerprint density at radius 1 is 1.12 bits per heavy atom. The summed E-state index contributed by atoms with van der Waals surface area (Å²) in [6, 6.07) is 0. The fourth-order valence-electron chi connectivity index (χ4n) is 1.31. The Balaban J connectivity index is 4.92. The second-order valence-electron chi connectivity index (χ2n) is 3.64. The van der Waals surface area contributed by atoms with Gasteiger partial charge in [-0.25, -0.2) is 0 Å². The van der Waals surface area contributed by atoms with Crippen LogP contribution in [0.5, 0.6) is 0 Å². The van der Waals surface area contributed by atoms with Gasteiger partial charge in [0, 0.05) is 13.1 Å². The van der Waals surface area contributed by atoms with E-state index in [2.05, 4.69) is 4.72 Å². The molecular weight excluding hydrogens is 232 g/mol. The molecule has 3 N–H and O–H groups in total. The molecule has 0 rings (SSSR count). The minimum atomic E-state index is -3.65. The summed E-state index contributed by atoms with van der Waals surface area (Å²) < 4.78 is 27.4. The van der Waals surface area contributed by atoms with E-state index in [1.165, 1.54) is 4.31 Å². The highest BCUT2D eigenvalue weighted by atomic mass is 32.2. The molecule has 0 aliphatic rings. The Morgan fingerprint density at radius 3 is 1.81 bits per heavy atom. The van der Waals surface area contributed by atoms with Gasteiger partial charge in [0.1, 0.15) is 0 Å². The van der Waals surface area contributed by atoms with Crippen molar-refractivity contribution in [3.63, 3.8) is 0 Å². The van der Waals surface area contributed by atoms with E-state index in [0.29, 0.717) is 19.5 Å². The SMILES string of the molecule is CCN(CC)S(=O)(=O)NC(CC)(CO)CO. The van der Waals surface area contributed by atoms with Crippen LogP contribution in [-0.4, -0.2) is 54.8 Å². The Labute approximate surface area is 97.5 Å². The first-order valence-electron chi connectivity index (χ1n) is 5.42. The highest BCUT2D eigenvalue weighted by Crippen LogP contribution is 2.12. The number of hydrogen-bond donors (Lipinski definition) is 3. The van der Waals surface area contributed by atoms with Gasteiger partial charge in [0.2, 0.25) is 0 Å². The lowest BCUT2D eigenvalue weighted by Crippen LogP contribution is -2.57. The molecule has 0 bridgehead atoms. The molecule has 0 heterocycles. The fourth-order valence-corrected chi connectivity index (χ4v) is 2.94. The molecule has 7 heteroatoms. The van der Waals surface area contributed by atoms with E-state index in [4.69, 9.17) is 10.2 Å². The Bertz CT molecular complexity index is 276. The molecule has 16 heavy (non-hydrogen) atoms. The Kier molecular flexibility index (Phi) is 6.42. The van der Waals surface area contributed by atoms with Crippen molar-refractivity contribution >= 4 is 10.2 Å². The van der Waals surface area contributed by atoms with Gasteiger partial charge < -0.3 is 10.2 Å². The normalized spacial score (nSPS) is 13.4. The van der Waals surface area contributed by atoms with E-state index < -0.39 is 29.0 Å². The van der Waals surface area contributed by atoms with E-state index in [9.17, 15) is 8.42 Å². The molecular formula is C9H22N2O4S. The zero-order valence-electron chi connectivity index (χ0n) is 10.1. The van der Waals surface area contributed by atoms with Gasteiger partial charge in [0.05, 0.1) is 18.8 Å². The molecule has 0 aromatic carbocycles. The predicted molar refractivity (Wildman–Crippen MR) is 62.2 cm³/mol. The van der Waals surface area contributed by atoms with Gasteiger partial charge in [0.25, 0.3) is 10.2 Å². The largest absolute Gasteiger partial charge is 0.394 e. The summed E-state index contributed by atoms with van der Waals surface area (Å²) >= 11 is 0. The Hall–Kier alpha value is -0.210. The van der Waals surface area contributed by atoms with Crippen molar-refractivity contribution < 1.29 is 18.6 Å². The molecule has 0 fully saturated rings. The monoisotopic (exact) mass is 254 g/mol. The minimum absolute atomic E-state index is 0.320. The average molecular weight is 254 g/mol. The van der Waals surface area contributed by atoms with Crippen molar-refractivity contribution in [2.75, 3.05) is 26.3 Å². The van der Waals surface area contributed by atoms with Gasteiger partial charge in [-0.1, -0.05) is 20.8 Å². The third-order valence-electron chi connectivity index (χ3n) is 2.67. The van der Waals surface area contributed by atoms with Gasteiger partial charge in [-0.3, -0.25) is 0 Å². The maximum atomic E-state index is 11.9. The standard InChI is InChI=1S/C9H22N2O4S/c1-4-9(7-12,8-13)10-16(14,15)11(5-2)6-3/h10,12-13H,4-8H2,1-3H3. The van der Waals surface area contributed by atoms with Crippen molar-refractivity contribution in [1.82, 2.24) is 9.03 Å². The minimum Gasteiger partial charge on any atom is -0.394 e. The van der Waals surface area contributed by atoms with Crippen molar-refractivity contribution in [2.45, 2.75) is 32.7 Å². The molecule has 0 aromatic rings. The molecule has 0 radical (unpaired) electrons. The third-order valence-corrected chi connectivity index (χ3v) is 4.56. The fraction of sp³-hybridized carbons (Fsp3) is 1.00. The second kappa shape index (κ2) is 6.51. The molecule has 0 atom stereocenters. The lowest BCUT2D eigenvalue weighted by Gasteiger charge is -2.32. The molecule has 0 saturated heterocycles. The van der Waals surface area contributed by atoms with Crippen LogP contribution >= 0.6 is 0 Å². The van der Waals surface area contributed by atoms with Gasteiger partial charge in [-0.2, -0.15) is 17.4 Å². The maximum absolute atomic E-state index is 11.9. The van der Waals surface area contributed by atoms with Crippen molar-refractivity contribution in [3.8, 4) is 0 Å². The average Bonchev–Trinajstić information content (AvgIpc) is 2.27. The van der Waals surface area contributed by atoms with E-state index in [1.807, 2.05) is 0 Å². The highest BCUT2D eigenvalue weighted by molar-refractivity contribution is 7.87. The van der Waals surface area contributed by atoms with Crippen LogP contribution in [0.4, 0.5) is 0 Å². The molecule has 0 amide bonds. The first kappa shape index (κ1) is 15.8. The number of aliphatic hydroxyl groups is 2. The molecule has 98 valence electrons. The van der Waals surface area contributed by atoms with Crippen LogP contribution in [-0.2, 0) is 10.2 Å². The first-order valence-corrected chi connectivity index (χ1v) is 6.86. The van der Waals surface area contributed by atoms with Gasteiger partial charge in [-0.05, 0) is 6.42 Å². The van der Waals surface area contributed by atoms with Gasteiger partial charge in [0.15, 0.2) is 0 Å². The number of nitrogens with one attached hydrogen (secondary N) is 1. The summed E-state index contributed by atoms with van der Waals surface area (Å²) in [7, 11) is -3.65. The molecule has 6 nitrogen and oxygen atoms in total. The second-order valence-corrected chi connectivity index (χ2v) is 5.31. The topological polar surface area (TPSA) is 89.9 Å². The van der Waals surface area contributed by atoms with Crippen molar-refractivity contribution in [1.29, 1.82) is 0 Å². The van der Waals surface area contributed by atoms with E-state index in [1.54, 1.807) is 20.8 Å². The molecule has 0 aromatic heterocycles. The summed E-state index contributed by atoms with van der Waals surface area (Å²) in [4.78, 5) is 0. The Morgan fingerprint density at radius 2 is 1.56 bits per heavy atom. The number of rotatable bonds is 8. The zero-order chi connectivity index (χ0) is 12.8. The molecule has 0 unspecified atom stereocenters. The van der Waals surface area contributed by atoms with Crippen LogP contribution in [0.15, 0.2) is 0 Å². The lowest BCUT2D eigenvalue weighted by atomic mass is 10.0. The zero-order valence-corrected chi connectivity index (χ0v) is 10.9. The highest BCUT2D eigenvalue weighted by Gasteiger charge is 2.33. The third kappa shape index (κ3) is 3.67. The van der Waals surface area contributed by atoms with Crippen LogP contribution in [0.3, 0.4) is 0 Å². The summed E-state index contributed by atoms with van der Waals surface area (Å²) in [6.45, 7) is 5.01. The van der Waals surface area contributed by atoms with Crippen LogP contribution in [0.1, 0.15) is 27.2 Å². The number of nitrogens with zero attached hydrogens (tertiary/aromatic N) is 1. The van der Waals surface area contributed by atoms with Gasteiger partial charge in [-0.15, -0.1) is 0 Å². The smallest absolute Gasteiger partial charge is 0.280 e. The number of aliphatic hydroxyl groups excluding tert-OH is 2. The van der Waals surface area contributed by atoms with Crippen LogP contribution in [0.2, 0.25) is 0 Å². The van der Waals surface area contributed by atoms with E-state index >= 15 is 0 Å².